The summed E-state index contributed by atoms with van der Waals surface area (Å²) in [5.41, 5.74) is 0.279. The Labute approximate surface area is 131 Å². The molecule has 0 bridgehead atoms. The van der Waals surface area contributed by atoms with Crippen molar-refractivity contribution < 1.29 is 17.6 Å². The lowest BCUT2D eigenvalue weighted by atomic mass is 10.0. The normalized spacial score (nSPS) is 13.4. The lowest BCUT2D eigenvalue weighted by Gasteiger charge is -2.24. The number of likely N-dealkylation sites (N-methyl/N-ethyl adjacent to an activating group) is 2. The Morgan fingerprint density at radius 2 is 1.86 bits per heavy atom. The number of rotatable bonds is 7. The van der Waals surface area contributed by atoms with Gasteiger partial charge in [0.05, 0.1) is 6.26 Å². The van der Waals surface area contributed by atoms with Crippen LogP contribution in [0.1, 0.15) is 11.6 Å². The molecule has 1 atom stereocenters. The Bertz CT molecular complexity index is 620. The Balaban J connectivity index is 2.74. The van der Waals surface area contributed by atoms with Crippen molar-refractivity contribution in [3.8, 4) is 0 Å². The third-order valence-corrected chi connectivity index (χ3v) is 4.57. The average Bonchev–Trinajstić information content (AvgIpc) is 2.39. The Morgan fingerprint density at radius 1 is 1.27 bits per heavy atom. The van der Waals surface area contributed by atoms with Crippen molar-refractivity contribution in [3.63, 3.8) is 0 Å². The van der Waals surface area contributed by atoms with E-state index in [9.17, 15) is 17.6 Å². The van der Waals surface area contributed by atoms with Crippen molar-refractivity contribution in [1.29, 1.82) is 0 Å². The van der Waals surface area contributed by atoms with E-state index in [4.69, 9.17) is 0 Å². The van der Waals surface area contributed by atoms with E-state index in [2.05, 4.69) is 5.32 Å². The van der Waals surface area contributed by atoms with E-state index in [-0.39, 0.29) is 24.6 Å². The summed E-state index contributed by atoms with van der Waals surface area (Å²) in [6, 6.07) is 5.31. The molecule has 0 aliphatic rings. The molecule has 1 unspecified atom stereocenters. The van der Waals surface area contributed by atoms with Crippen LogP contribution in [-0.4, -0.2) is 64.0 Å². The number of carbonyl (C=O) groups is 1. The van der Waals surface area contributed by atoms with Crippen molar-refractivity contribution in [1.82, 2.24) is 14.5 Å². The Kier molecular flexibility index (Phi) is 6.46. The molecule has 8 heteroatoms. The standard InChI is InChI=1S/C14H22FN3O3S/c1-17(2)13(11-7-5-6-8-12(11)15)14(19)16-9-10-18(3)22(4,20)21/h5-8,13H,9-10H2,1-4H3,(H,16,19). The van der Waals surface area contributed by atoms with Crippen LogP contribution in [0.5, 0.6) is 0 Å². The summed E-state index contributed by atoms with van der Waals surface area (Å²) in [4.78, 5) is 13.9. The van der Waals surface area contributed by atoms with Gasteiger partial charge >= 0.3 is 0 Å². The number of sulfonamides is 1. The predicted molar refractivity (Wildman–Crippen MR) is 83.3 cm³/mol. The number of nitrogens with zero attached hydrogens (tertiary/aromatic N) is 2. The first-order valence-corrected chi connectivity index (χ1v) is 8.59. The van der Waals surface area contributed by atoms with E-state index in [0.717, 1.165) is 10.6 Å². The molecule has 0 heterocycles. The molecule has 0 aliphatic carbocycles. The zero-order chi connectivity index (χ0) is 16.9. The van der Waals surface area contributed by atoms with Gasteiger partial charge in [-0.25, -0.2) is 17.1 Å². The van der Waals surface area contributed by atoms with Gasteiger partial charge in [0, 0.05) is 25.7 Å². The van der Waals surface area contributed by atoms with E-state index < -0.39 is 21.9 Å². The van der Waals surface area contributed by atoms with Gasteiger partial charge in [0.15, 0.2) is 0 Å². The minimum atomic E-state index is -3.28. The second-order valence-electron chi connectivity index (χ2n) is 5.26. The van der Waals surface area contributed by atoms with Crippen LogP contribution in [0.2, 0.25) is 0 Å². The maximum atomic E-state index is 13.9. The van der Waals surface area contributed by atoms with E-state index in [1.165, 1.54) is 13.1 Å². The molecule has 0 fully saturated rings. The number of carbonyl (C=O) groups excluding carboxylic acids is 1. The molecule has 1 aromatic carbocycles. The minimum Gasteiger partial charge on any atom is -0.353 e. The number of amides is 1. The highest BCUT2D eigenvalue weighted by atomic mass is 32.2. The van der Waals surface area contributed by atoms with Crippen molar-refractivity contribution >= 4 is 15.9 Å². The van der Waals surface area contributed by atoms with Gasteiger partial charge in [-0.1, -0.05) is 18.2 Å². The predicted octanol–water partition coefficient (Wildman–Crippen LogP) is 0.436. The van der Waals surface area contributed by atoms with Crippen molar-refractivity contribution in [2.24, 2.45) is 0 Å². The molecule has 0 saturated heterocycles. The maximum absolute atomic E-state index is 13.9. The number of benzene rings is 1. The van der Waals surface area contributed by atoms with Gasteiger partial charge in [-0.05, 0) is 20.2 Å². The minimum absolute atomic E-state index is 0.154. The second-order valence-corrected chi connectivity index (χ2v) is 7.35. The second kappa shape index (κ2) is 7.66. The summed E-state index contributed by atoms with van der Waals surface area (Å²) in [6.07, 6.45) is 1.09. The molecular formula is C14H22FN3O3S. The fourth-order valence-corrected chi connectivity index (χ4v) is 2.37. The molecule has 0 saturated carbocycles. The zero-order valence-corrected chi connectivity index (χ0v) is 14.0. The SMILES string of the molecule is CN(C)C(C(=O)NCCN(C)S(C)(=O)=O)c1ccccc1F. The van der Waals surface area contributed by atoms with Crippen LogP contribution < -0.4 is 5.32 Å². The third kappa shape index (κ3) is 5.04. The van der Waals surface area contributed by atoms with Crippen LogP contribution in [0.15, 0.2) is 24.3 Å². The smallest absolute Gasteiger partial charge is 0.242 e. The fraction of sp³-hybridized carbons (Fsp3) is 0.500. The van der Waals surface area contributed by atoms with Crippen LogP contribution in [0.3, 0.4) is 0 Å². The maximum Gasteiger partial charge on any atom is 0.242 e. The molecule has 1 rings (SSSR count). The third-order valence-electron chi connectivity index (χ3n) is 3.26. The number of halogens is 1. The quantitative estimate of drug-likeness (QED) is 0.787. The number of hydrogen-bond acceptors (Lipinski definition) is 4. The van der Waals surface area contributed by atoms with Gasteiger partial charge in [-0.3, -0.25) is 9.69 Å². The van der Waals surface area contributed by atoms with Gasteiger partial charge in [-0.2, -0.15) is 0 Å². The Morgan fingerprint density at radius 3 is 2.36 bits per heavy atom. The van der Waals surface area contributed by atoms with E-state index in [1.54, 1.807) is 37.2 Å². The molecular weight excluding hydrogens is 309 g/mol. The molecule has 22 heavy (non-hydrogen) atoms. The zero-order valence-electron chi connectivity index (χ0n) is 13.2. The summed E-state index contributed by atoms with van der Waals surface area (Å²) >= 11 is 0. The highest BCUT2D eigenvalue weighted by Gasteiger charge is 2.25. The van der Waals surface area contributed by atoms with Gasteiger partial charge in [0.2, 0.25) is 15.9 Å². The lowest BCUT2D eigenvalue weighted by Crippen LogP contribution is -2.41. The highest BCUT2D eigenvalue weighted by molar-refractivity contribution is 7.88. The molecule has 1 aromatic rings. The Hall–Kier alpha value is -1.51. The molecule has 0 spiro atoms. The van der Waals surface area contributed by atoms with Gasteiger partial charge in [0.25, 0.3) is 0 Å². The van der Waals surface area contributed by atoms with E-state index in [0.29, 0.717) is 0 Å². The summed E-state index contributed by atoms with van der Waals surface area (Å²) in [5, 5.41) is 2.64. The van der Waals surface area contributed by atoms with E-state index >= 15 is 0 Å². The average molecular weight is 331 g/mol. The number of hydrogen-bond donors (Lipinski definition) is 1. The number of nitrogens with one attached hydrogen (secondary N) is 1. The molecule has 0 aromatic heterocycles. The first kappa shape index (κ1) is 18.5. The molecule has 0 radical (unpaired) electrons. The van der Waals surface area contributed by atoms with E-state index in [1.807, 2.05) is 0 Å². The monoisotopic (exact) mass is 331 g/mol. The first-order chi connectivity index (χ1) is 10.1. The summed E-state index contributed by atoms with van der Waals surface area (Å²) in [6.45, 7) is 0.309. The topological polar surface area (TPSA) is 69.7 Å². The summed E-state index contributed by atoms with van der Waals surface area (Å²) in [5.74, 6) is -0.832. The van der Waals surface area contributed by atoms with Gasteiger partial charge < -0.3 is 5.32 Å². The van der Waals surface area contributed by atoms with Crippen LogP contribution in [-0.2, 0) is 14.8 Å². The molecule has 0 aliphatic heterocycles. The molecule has 6 nitrogen and oxygen atoms in total. The molecule has 1 amide bonds. The van der Waals surface area contributed by atoms with Gasteiger partial charge in [0.1, 0.15) is 11.9 Å². The van der Waals surface area contributed by atoms with Crippen LogP contribution in [0.25, 0.3) is 0 Å². The van der Waals surface area contributed by atoms with Gasteiger partial charge in [-0.15, -0.1) is 0 Å². The highest BCUT2D eigenvalue weighted by Crippen LogP contribution is 2.21. The summed E-state index contributed by atoms with van der Waals surface area (Å²) < 4.78 is 37.6. The van der Waals surface area contributed by atoms with Crippen molar-refractivity contribution in [3.05, 3.63) is 35.6 Å². The van der Waals surface area contributed by atoms with Crippen molar-refractivity contribution in [2.45, 2.75) is 6.04 Å². The lowest BCUT2D eigenvalue weighted by molar-refractivity contribution is -0.125. The largest absolute Gasteiger partial charge is 0.353 e. The van der Waals surface area contributed by atoms with Crippen molar-refractivity contribution in [2.75, 3.05) is 40.5 Å². The molecule has 124 valence electrons. The fourth-order valence-electron chi connectivity index (χ4n) is 1.95. The van der Waals surface area contributed by atoms with Crippen LogP contribution >= 0.6 is 0 Å². The first-order valence-electron chi connectivity index (χ1n) is 6.74. The van der Waals surface area contributed by atoms with Crippen LogP contribution in [0, 0.1) is 5.82 Å². The van der Waals surface area contributed by atoms with Crippen LogP contribution in [0.4, 0.5) is 4.39 Å². The molecule has 1 N–H and O–H groups in total. The summed E-state index contributed by atoms with van der Waals surface area (Å²) in [7, 11) is 1.51.